The summed E-state index contributed by atoms with van der Waals surface area (Å²) >= 11 is 0. The number of hydrogen-bond donors (Lipinski definition) is 0. The molecule has 0 saturated carbocycles. The van der Waals surface area contributed by atoms with Gasteiger partial charge in [-0.05, 0) is 12.1 Å². The van der Waals surface area contributed by atoms with Gasteiger partial charge in [0.2, 0.25) is 0 Å². The van der Waals surface area contributed by atoms with Crippen LogP contribution in [0.1, 0.15) is 0 Å². The number of aldehydes is 1. The molecular weight excluding hydrogens is 199 g/mol. The van der Waals surface area contributed by atoms with Crippen molar-refractivity contribution >= 4 is 17.3 Å². The zero-order valence-electron chi connectivity index (χ0n) is 7.68. The lowest BCUT2D eigenvalue weighted by Gasteiger charge is -2.05. The minimum atomic E-state index is -0.425. The lowest BCUT2D eigenvalue weighted by molar-refractivity contribution is -0.108. The van der Waals surface area contributed by atoms with Gasteiger partial charge in [0.1, 0.15) is 12.1 Å². The number of aromatic nitrogens is 2. The molecule has 15 heavy (non-hydrogen) atoms. The van der Waals surface area contributed by atoms with E-state index < -0.39 is 5.82 Å². The zero-order chi connectivity index (χ0) is 10.8. The van der Waals surface area contributed by atoms with E-state index in [-0.39, 0.29) is 12.1 Å². The Labute approximate surface area is 84.0 Å². The molecule has 0 saturated heterocycles. The van der Waals surface area contributed by atoms with Gasteiger partial charge in [-0.1, -0.05) is 0 Å². The van der Waals surface area contributed by atoms with E-state index in [0.29, 0.717) is 17.3 Å². The third kappa shape index (κ3) is 1.63. The highest BCUT2D eigenvalue weighted by Crippen LogP contribution is 2.10. The van der Waals surface area contributed by atoms with Gasteiger partial charge < -0.3 is 4.79 Å². The Bertz CT molecular complexity index is 577. The second-order valence-corrected chi connectivity index (χ2v) is 3.01. The summed E-state index contributed by atoms with van der Waals surface area (Å²) in [7, 11) is 0. The molecule has 0 aliphatic carbocycles. The first-order valence-corrected chi connectivity index (χ1v) is 4.31. The molecule has 4 nitrogen and oxygen atoms in total. The van der Waals surface area contributed by atoms with Crippen LogP contribution in [0.5, 0.6) is 0 Å². The summed E-state index contributed by atoms with van der Waals surface area (Å²) in [5.74, 6) is -0.425. The molecular formula is C10H7FN2O2. The summed E-state index contributed by atoms with van der Waals surface area (Å²) in [4.78, 5) is 25.5. The Kier molecular flexibility index (Phi) is 2.29. The topological polar surface area (TPSA) is 52.0 Å². The van der Waals surface area contributed by atoms with Gasteiger partial charge in [0, 0.05) is 6.07 Å². The number of nitrogens with zero attached hydrogens (tertiary/aromatic N) is 2. The minimum absolute atomic E-state index is 0.0521. The molecule has 0 spiro atoms. The molecule has 1 heterocycles. The van der Waals surface area contributed by atoms with Crippen LogP contribution in [0.15, 0.2) is 29.2 Å². The summed E-state index contributed by atoms with van der Waals surface area (Å²) in [6.07, 6.45) is 1.69. The van der Waals surface area contributed by atoms with Crippen molar-refractivity contribution in [1.29, 1.82) is 0 Å². The maximum atomic E-state index is 12.9. The summed E-state index contributed by atoms with van der Waals surface area (Å²) in [6.45, 7) is -0.0521. The van der Waals surface area contributed by atoms with Gasteiger partial charge >= 0.3 is 0 Å². The molecule has 2 rings (SSSR count). The van der Waals surface area contributed by atoms with Crippen LogP contribution in [0.2, 0.25) is 0 Å². The van der Waals surface area contributed by atoms with Crippen LogP contribution in [-0.2, 0) is 11.3 Å². The molecule has 76 valence electrons. The molecule has 0 N–H and O–H groups in total. The molecule has 0 amide bonds. The fraction of sp³-hybridized carbons (Fsp3) is 0.100. The number of hydrogen-bond acceptors (Lipinski definition) is 3. The third-order valence-corrected chi connectivity index (χ3v) is 2.07. The van der Waals surface area contributed by atoms with Crippen LogP contribution in [0.4, 0.5) is 4.39 Å². The first-order chi connectivity index (χ1) is 7.22. The van der Waals surface area contributed by atoms with Crippen LogP contribution >= 0.6 is 0 Å². The molecule has 1 aromatic heterocycles. The second-order valence-electron chi connectivity index (χ2n) is 3.01. The average Bonchev–Trinajstić information content (AvgIpc) is 2.22. The monoisotopic (exact) mass is 206 g/mol. The van der Waals surface area contributed by atoms with E-state index in [0.717, 1.165) is 6.20 Å². The molecule has 0 aliphatic heterocycles. The number of halogens is 1. The first-order valence-electron chi connectivity index (χ1n) is 4.31. The van der Waals surface area contributed by atoms with E-state index in [2.05, 4.69) is 4.98 Å². The van der Waals surface area contributed by atoms with E-state index in [4.69, 9.17) is 0 Å². The second kappa shape index (κ2) is 3.61. The van der Waals surface area contributed by atoms with Gasteiger partial charge in [-0.25, -0.2) is 9.37 Å². The third-order valence-electron chi connectivity index (χ3n) is 2.07. The SMILES string of the molecule is O=CCn1c(=O)cnc2cc(F)ccc21. The number of rotatable bonds is 2. The maximum absolute atomic E-state index is 12.9. The van der Waals surface area contributed by atoms with Crippen LogP contribution in [0, 0.1) is 5.82 Å². The number of carbonyl (C=O) groups excluding carboxylic acids is 1. The summed E-state index contributed by atoms with van der Waals surface area (Å²) in [6, 6.07) is 3.88. The Balaban J connectivity index is 2.81. The predicted octanol–water partition coefficient (Wildman–Crippen LogP) is 0.734. The van der Waals surface area contributed by atoms with Gasteiger partial charge in [0.05, 0.1) is 23.8 Å². The minimum Gasteiger partial charge on any atom is -0.301 e. The molecule has 1 aromatic carbocycles. The summed E-state index contributed by atoms with van der Waals surface area (Å²) < 4.78 is 14.1. The fourth-order valence-corrected chi connectivity index (χ4v) is 1.40. The Morgan fingerprint density at radius 1 is 1.47 bits per heavy atom. The van der Waals surface area contributed by atoms with Crippen LogP contribution in [-0.4, -0.2) is 15.8 Å². The van der Waals surface area contributed by atoms with Crippen molar-refractivity contribution in [3.8, 4) is 0 Å². The molecule has 5 heteroatoms. The number of benzene rings is 1. The van der Waals surface area contributed by atoms with Gasteiger partial charge in [-0.2, -0.15) is 0 Å². The standard InChI is InChI=1S/C10H7FN2O2/c11-7-1-2-9-8(5-7)12-6-10(15)13(9)3-4-14/h1-2,4-6H,3H2. The van der Waals surface area contributed by atoms with E-state index >= 15 is 0 Å². The van der Waals surface area contributed by atoms with Crippen LogP contribution in [0.25, 0.3) is 11.0 Å². The molecule has 0 atom stereocenters. The highest BCUT2D eigenvalue weighted by Gasteiger charge is 2.04. The quantitative estimate of drug-likeness (QED) is 0.681. The fourth-order valence-electron chi connectivity index (χ4n) is 1.40. The van der Waals surface area contributed by atoms with Crippen molar-refractivity contribution in [2.45, 2.75) is 6.54 Å². The van der Waals surface area contributed by atoms with E-state index in [1.807, 2.05) is 0 Å². The first kappa shape index (κ1) is 9.51. The molecule has 0 bridgehead atoms. The number of carbonyl (C=O) groups is 1. The van der Waals surface area contributed by atoms with Crippen molar-refractivity contribution in [3.63, 3.8) is 0 Å². The Hall–Kier alpha value is -2.04. The normalized spacial score (nSPS) is 10.5. The van der Waals surface area contributed by atoms with Gasteiger partial charge in [-0.15, -0.1) is 0 Å². The van der Waals surface area contributed by atoms with E-state index in [1.165, 1.54) is 22.8 Å². The highest BCUT2D eigenvalue weighted by molar-refractivity contribution is 5.75. The van der Waals surface area contributed by atoms with Crippen LogP contribution in [0.3, 0.4) is 0 Å². The maximum Gasteiger partial charge on any atom is 0.269 e. The zero-order valence-corrected chi connectivity index (χ0v) is 7.68. The lowest BCUT2D eigenvalue weighted by atomic mass is 10.3. The van der Waals surface area contributed by atoms with Crippen molar-refractivity contribution in [2.75, 3.05) is 0 Å². The molecule has 2 aromatic rings. The van der Waals surface area contributed by atoms with E-state index in [1.54, 1.807) is 0 Å². The van der Waals surface area contributed by atoms with Crippen LogP contribution < -0.4 is 5.56 Å². The Morgan fingerprint density at radius 2 is 2.27 bits per heavy atom. The highest BCUT2D eigenvalue weighted by atomic mass is 19.1. The summed E-state index contributed by atoms with van der Waals surface area (Å²) in [5.41, 5.74) is 0.439. The van der Waals surface area contributed by atoms with Gasteiger partial charge in [0.25, 0.3) is 5.56 Å². The van der Waals surface area contributed by atoms with Gasteiger partial charge in [0.15, 0.2) is 0 Å². The molecule has 0 aliphatic rings. The van der Waals surface area contributed by atoms with Crippen molar-refractivity contribution in [2.24, 2.45) is 0 Å². The number of fused-ring (bicyclic) bond motifs is 1. The van der Waals surface area contributed by atoms with Crippen molar-refractivity contribution in [1.82, 2.24) is 9.55 Å². The largest absolute Gasteiger partial charge is 0.301 e. The van der Waals surface area contributed by atoms with Crippen molar-refractivity contribution in [3.05, 3.63) is 40.6 Å². The summed E-state index contributed by atoms with van der Waals surface area (Å²) in [5, 5.41) is 0. The predicted molar refractivity (Wildman–Crippen MR) is 52.0 cm³/mol. The van der Waals surface area contributed by atoms with Crippen molar-refractivity contribution < 1.29 is 9.18 Å². The lowest BCUT2D eigenvalue weighted by Crippen LogP contribution is -2.21. The smallest absolute Gasteiger partial charge is 0.269 e. The Morgan fingerprint density at radius 3 is 3.00 bits per heavy atom. The molecule has 0 radical (unpaired) electrons. The molecule has 0 unspecified atom stereocenters. The average molecular weight is 206 g/mol. The molecule has 0 fully saturated rings. The van der Waals surface area contributed by atoms with E-state index in [9.17, 15) is 14.0 Å². The van der Waals surface area contributed by atoms with Gasteiger partial charge in [-0.3, -0.25) is 9.36 Å².